The fourth-order valence-electron chi connectivity index (χ4n) is 4.05. The third-order valence-electron chi connectivity index (χ3n) is 5.60. The molecule has 2 nitrogen and oxygen atoms in total. The Bertz CT molecular complexity index is 425. The molecule has 2 heteroatoms. The lowest BCUT2D eigenvalue weighted by molar-refractivity contribution is 0.187. The molecule has 0 spiro atoms. The normalized spacial score (nSPS) is 31.4. The van der Waals surface area contributed by atoms with Crippen molar-refractivity contribution in [1.82, 2.24) is 5.32 Å². The van der Waals surface area contributed by atoms with E-state index in [1.807, 2.05) is 0 Å². The van der Waals surface area contributed by atoms with E-state index in [2.05, 4.69) is 43.4 Å². The molecule has 1 saturated carbocycles. The van der Waals surface area contributed by atoms with E-state index in [0.29, 0.717) is 18.0 Å². The number of rotatable bonds is 4. The molecule has 2 aliphatic carbocycles. The van der Waals surface area contributed by atoms with Crippen LogP contribution in [0.1, 0.15) is 37.8 Å². The van der Waals surface area contributed by atoms with Crippen molar-refractivity contribution in [2.75, 3.05) is 6.61 Å². The summed E-state index contributed by atoms with van der Waals surface area (Å²) in [7, 11) is 0. The van der Waals surface area contributed by atoms with Crippen molar-refractivity contribution in [3.05, 3.63) is 35.4 Å². The summed E-state index contributed by atoms with van der Waals surface area (Å²) in [6.07, 6.45) is 5.17. The molecule has 20 heavy (non-hydrogen) atoms. The lowest BCUT2D eigenvalue weighted by Crippen LogP contribution is -2.46. The highest BCUT2D eigenvalue weighted by Crippen LogP contribution is 2.40. The molecule has 1 fully saturated rings. The Labute approximate surface area is 122 Å². The second kappa shape index (κ2) is 5.87. The summed E-state index contributed by atoms with van der Waals surface area (Å²) in [5, 5.41) is 13.2. The van der Waals surface area contributed by atoms with Gasteiger partial charge in [-0.1, -0.05) is 31.2 Å². The smallest absolute Gasteiger partial charge is 0.0471 e. The van der Waals surface area contributed by atoms with Crippen LogP contribution in [0.5, 0.6) is 0 Å². The van der Waals surface area contributed by atoms with Crippen molar-refractivity contribution < 1.29 is 5.11 Å². The number of hydrogen-bond donors (Lipinski definition) is 2. The van der Waals surface area contributed by atoms with Gasteiger partial charge in [0.05, 0.1) is 0 Å². The first-order chi connectivity index (χ1) is 9.69. The van der Waals surface area contributed by atoms with Crippen LogP contribution in [-0.4, -0.2) is 23.8 Å². The van der Waals surface area contributed by atoms with Crippen molar-refractivity contribution in [3.8, 4) is 0 Å². The number of nitrogens with one attached hydrogen (secondary N) is 1. The van der Waals surface area contributed by atoms with Gasteiger partial charge in [-0.25, -0.2) is 0 Å². The predicted molar refractivity (Wildman–Crippen MR) is 82.7 cm³/mol. The van der Waals surface area contributed by atoms with E-state index < -0.39 is 0 Å². The lowest BCUT2D eigenvalue weighted by Gasteiger charge is -2.30. The molecule has 0 radical (unpaired) electrons. The van der Waals surface area contributed by atoms with Crippen molar-refractivity contribution in [2.24, 2.45) is 17.8 Å². The van der Waals surface area contributed by atoms with Gasteiger partial charge in [-0.3, -0.25) is 0 Å². The minimum Gasteiger partial charge on any atom is -0.396 e. The van der Waals surface area contributed by atoms with E-state index in [0.717, 1.165) is 11.8 Å². The molecule has 2 aliphatic rings. The number of fused-ring (bicyclic) bond motifs is 3. The van der Waals surface area contributed by atoms with E-state index in [9.17, 15) is 5.11 Å². The Morgan fingerprint density at radius 3 is 2.15 bits per heavy atom. The Morgan fingerprint density at radius 1 is 1.10 bits per heavy atom. The first-order valence-corrected chi connectivity index (χ1v) is 8.12. The maximum absolute atomic E-state index is 9.34. The SMILES string of the molecule is CC(CO)C(C)NC1C2CCC1Cc1ccccc1C2. The zero-order valence-corrected chi connectivity index (χ0v) is 12.7. The predicted octanol–water partition coefficient (Wildman–Crippen LogP) is 2.79. The zero-order chi connectivity index (χ0) is 14.1. The average molecular weight is 273 g/mol. The van der Waals surface area contributed by atoms with E-state index in [1.54, 1.807) is 11.1 Å². The first kappa shape index (κ1) is 14.1. The van der Waals surface area contributed by atoms with Crippen molar-refractivity contribution in [2.45, 2.75) is 51.6 Å². The highest BCUT2D eigenvalue weighted by atomic mass is 16.3. The number of benzene rings is 1. The number of aliphatic hydroxyl groups is 1. The molecule has 4 atom stereocenters. The van der Waals surface area contributed by atoms with Gasteiger partial charge < -0.3 is 10.4 Å². The average Bonchev–Trinajstić information content (AvgIpc) is 2.73. The second-order valence-electron chi connectivity index (χ2n) is 6.92. The molecule has 0 amide bonds. The van der Waals surface area contributed by atoms with Gasteiger partial charge in [0.1, 0.15) is 0 Å². The number of hydrogen-bond acceptors (Lipinski definition) is 2. The van der Waals surface area contributed by atoms with Crippen LogP contribution in [0.3, 0.4) is 0 Å². The Kier molecular flexibility index (Phi) is 4.13. The lowest BCUT2D eigenvalue weighted by atomic mass is 9.93. The molecule has 0 aliphatic heterocycles. The van der Waals surface area contributed by atoms with Gasteiger partial charge in [-0.05, 0) is 61.5 Å². The van der Waals surface area contributed by atoms with Crippen LogP contribution in [-0.2, 0) is 12.8 Å². The van der Waals surface area contributed by atoms with Gasteiger partial charge >= 0.3 is 0 Å². The summed E-state index contributed by atoms with van der Waals surface area (Å²) in [5.41, 5.74) is 3.13. The molecule has 0 saturated heterocycles. The molecule has 0 aromatic heterocycles. The van der Waals surface area contributed by atoms with Gasteiger partial charge in [0.25, 0.3) is 0 Å². The summed E-state index contributed by atoms with van der Waals surface area (Å²) >= 11 is 0. The van der Waals surface area contributed by atoms with E-state index in [-0.39, 0.29) is 6.61 Å². The van der Waals surface area contributed by atoms with E-state index in [1.165, 1.54) is 25.7 Å². The first-order valence-electron chi connectivity index (χ1n) is 8.12. The van der Waals surface area contributed by atoms with Gasteiger partial charge in [-0.2, -0.15) is 0 Å². The molecular weight excluding hydrogens is 246 g/mol. The Hall–Kier alpha value is -0.860. The fraction of sp³-hybridized carbons (Fsp3) is 0.667. The molecule has 3 rings (SSSR count). The van der Waals surface area contributed by atoms with Gasteiger partial charge in [0.15, 0.2) is 0 Å². The molecule has 2 N–H and O–H groups in total. The molecular formula is C18H27NO. The van der Waals surface area contributed by atoms with Crippen LogP contribution in [0, 0.1) is 17.8 Å². The maximum atomic E-state index is 9.34. The monoisotopic (exact) mass is 273 g/mol. The van der Waals surface area contributed by atoms with Gasteiger partial charge in [0.2, 0.25) is 0 Å². The highest BCUT2D eigenvalue weighted by Gasteiger charge is 2.39. The van der Waals surface area contributed by atoms with Crippen LogP contribution in [0.15, 0.2) is 24.3 Å². The topological polar surface area (TPSA) is 32.3 Å². The Morgan fingerprint density at radius 2 is 1.65 bits per heavy atom. The Balaban J connectivity index is 1.76. The third kappa shape index (κ3) is 2.64. The van der Waals surface area contributed by atoms with Crippen molar-refractivity contribution >= 4 is 0 Å². The molecule has 0 heterocycles. The minimum atomic E-state index is 0.274. The highest BCUT2D eigenvalue weighted by molar-refractivity contribution is 5.30. The summed E-state index contributed by atoms with van der Waals surface area (Å²) in [4.78, 5) is 0. The fourth-order valence-corrected chi connectivity index (χ4v) is 4.05. The van der Waals surface area contributed by atoms with Crippen LogP contribution >= 0.6 is 0 Å². The molecule has 4 unspecified atom stereocenters. The number of aliphatic hydroxyl groups excluding tert-OH is 1. The minimum absolute atomic E-state index is 0.274. The van der Waals surface area contributed by atoms with Gasteiger partial charge in [0, 0.05) is 18.7 Å². The largest absolute Gasteiger partial charge is 0.396 e. The molecule has 1 aromatic rings. The summed E-state index contributed by atoms with van der Waals surface area (Å²) in [6, 6.07) is 10.0. The van der Waals surface area contributed by atoms with Crippen LogP contribution in [0.2, 0.25) is 0 Å². The van der Waals surface area contributed by atoms with Crippen molar-refractivity contribution in [1.29, 1.82) is 0 Å². The third-order valence-corrected chi connectivity index (χ3v) is 5.60. The molecule has 2 bridgehead atoms. The zero-order valence-electron chi connectivity index (χ0n) is 12.7. The van der Waals surface area contributed by atoms with Crippen LogP contribution in [0.25, 0.3) is 0 Å². The van der Waals surface area contributed by atoms with E-state index in [4.69, 9.17) is 0 Å². The van der Waals surface area contributed by atoms with E-state index >= 15 is 0 Å². The summed E-state index contributed by atoms with van der Waals surface area (Å²) in [6.45, 7) is 4.62. The van der Waals surface area contributed by atoms with Gasteiger partial charge in [-0.15, -0.1) is 0 Å². The standard InChI is InChI=1S/C18H27NO/c1-12(11-20)13(2)19-18-16-7-8-17(18)10-15-6-4-3-5-14(15)9-16/h3-6,12-13,16-20H,7-11H2,1-2H3. The summed E-state index contributed by atoms with van der Waals surface area (Å²) in [5.74, 6) is 1.88. The maximum Gasteiger partial charge on any atom is 0.0471 e. The summed E-state index contributed by atoms with van der Waals surface area (Å²) < 4.78 is 0. The quantitative estimate of drug-likeness (QED) is 0.884. The van der Waals surface area contributed by atoms with Crippen LogP contribution in [0.4, 0.5) is 0 Å². The second-order valence-corrected chi connectivity index (χ2v) is 6.92. The van der Waals surface area contributed by atoms with Crippen LogP contribution < -0.4 is 5.32 Å². The molecule has 1 aromatic carbocycles. The van der Waals surface area contributed by atoms with Crippen molar-refractivity contribution in [3.63, 3.8) is 0 Å². The molecule has 110 valence electrons.